The van der Waals surface area contributed by atoms with E-state index in [1.807, 2.05) is 24.3 Å². The number of hydrogen-bond acceptors (Lipinski definition) is 4. The summed E-state index contributed by atoms with van der Waals surface area (Å²) in [7, 11) is 2.99. The molecule has 4 aromatic rings. The molecule has 0 bridgehead atoms. The quantitative estimate of drug-likeness (QED) is 0.325. The van der Waals surface area contributed by atoms with Gasteiger partial charge in [0.15, 0.2) is 0 Å². The fraction of sp³-hybridized carbons (Fsp3) is 0.0833. The van der Waals surface area contributed by atoms with Crippen molar-refractivity contribution in [2.24, 2.45) is 0 Å². The minimum Gasteiger partial charge on any atom is -0.495 e. The average molecular weight is 488 g/mol. The molecule has 0 saturated carbocycles. The van der Waals surface area contributed by atoms with E-state index in [1.54, 1.807) is 36.4 Å². The summed E-state index contributed by atoms with van der Waals surface area (Å²) in [5.41, 5.74) is 2.72. The summed E-state index contributed by atoms with van der Waals surface area (Å²) in [5.74, 6) is 0.470. The Balaban J connectivity index is 1.83. The molecule has 32 heavy (non-hydrogen) atoms. The minimum absolute atomic E-state index is 0.349. The SMILES string of the molecule is COc1cc(NC(=O)c2cc(-c3ccc(Cl)cc3Cl)nc3ccccc23)c(OC)cc1Cl. The highest BCUT2D eigenvalue weighted by Gasteiger charge is 2.18. The highest BCUT2D eigenvalue weighted by molar-refractivity contribution is 6.36. The van der Waals surface area contributed by atoms with E-state index in [4.69, 9.17) is 44.3 Å². The van der Waals surface area contributed by atoms with Crippen LogP contribution in [-0.2, 0) is 0 Å². The van der Waals surface area contributed by atoms with E-state index >= 15 is 0 Å². The third-order valence-electron chi connectivity index (χ3n) is 4.89. The second kappa shape index (κ2) is 9.25. The van der Waals surface area contributed by atoms with Crippen molar-refractivity contribution in [3.8, 4) is 22.8 Å². The topological polar surface area (TPSA) is 60.5 Å². The maximum Gasteiger partial charge on any atom is 0.256 e. The van der Waals surface area contributed by atoms with Crippen LogP contribution in [0.1, 0.15) is 10.4 Å². The Hall–Kier alpha value is -2.99. The number of para-hydroxylation sites is 1. The number of nitrogens with one attached hydrogen (secondary N) is 1. The molecule has 0 fully saturated rings. The Labute approximate surface area is 199 Å². The molecule has 162 valence electrons. The van der Waals surface area contributed by atoms with Crippen molar-refractivity contribution in [2.75, 3.05) is 19.5 Å². The number of amides is 1. The molecule has 0 aliphatic rings. The van der Waals surface area contributed by atoms with Gasteiger partial charge in [-0.2, -0.15) is 0 Å². The van der Waals surface area contributed by atoms with E-state index in [0.717, 1.165) is 0 Å². The van der Waals surface area contributed by atoms with Crippen LogP contribution in [0.4, 0.5) is 5.69 Å². The third kappa shape index (κ3) is 4.32. The fourth-order valence-corrected chi connectivity index (χ4v) is 4.08. The molecule has 0 atom stereocenters. The lowest BCUT2D eigenvalue weighted by molar-refractivity contribution is 0.102. The number of halogens is 3. The van der Waals surface area contributed by atoms with Crippen molar-refractivity contribution in [1.82, 2.24) is 4.98 Å². The van der Waals surface area contributed by atoms with Gasteiger partial charge in [0.1, 0.15) is 11.5 Å². The second-order valence-electron chi connectivity index (χ2n) is 6.84. The maximum atomic E-state index is 13.4. The summed E-state index contributed by atoms with van der Waals surface area (Å²) in [6, 6.07) is 17.4. The molecule has 0 aliphatic heterocycles. The number of pyridine rings is 1. The molecule has 1 heterocycles. The second-order valence-corrected chi connectivity index (χ2v) is 8.09. The molecule has 0 unspecified atom stereocenters. The first-order chi connectivity index (χ1) is 15.4. The van der Waals surface area contributed by atoms with Gasteiger partial charge in [-0.15, -0.1) is 0 Å². The number of hydrogen-bond donors (Lipinski definition) is 1. The zero-order chi connectivity index (χ0) is 22.8. The molecule has 3 aromatic carbocycles. The average Bonchev–Trinajstić information content (AvgIpc) is 2.79. The highest BCUT2D eigenvalue weighted by Crippen LogP contribution is 2.37. The van der Waals surface area contributed by atoms with Crippen LogP contribution in [0.15, 0.2) is 60.7 Å². The summed E-state index contributed by atoms with van der Waals surface area (Å²) < 4.78 is 10.6. The summed E-state index contributed by atoms with van der Waals surface area (Å²) in [5, 5.41) is 4.91. The maximum absolute atomic E-state index is 13.4. The molecule has 8 heteroatoms. The summed E-state index contributed by atoms with van der Waals surface area (Å²) >= 11 is 18.6. The van der Waals surface area contributed by atoms with Gasteiger partial charge in [0.25, 0.3) is 5.91 Å². The number of carbonyl (C=O) groups excluding carboxylic acids is 1. The van der Waals surface area contributed by atoms with Crippen LogP contribution in [0.5, 0.6) is 11.5 Å². The van der Waals surface area contributed by atoms with Gasteiger partial charge >= 0.3 is 0 Å². The van der Waals surface area contributed by atoms with E-state index < -0.39 is 0 Å². The first-order valence-corrected chi connectivity index (χ1v) is 10.6. The first-order valence-electron chi connectivity index (χ1n) is 9.49. The van der Waals surface area contributed by atoms with Crippen molar-refractivity contribution < 1.29 is 14.3 Å². The molecule has 1 N–H and O–H groups in total. The number of ether oxygens (including phenoxy) is 2. The summed E-state index contributed by atoms with van der Waals surface area (Å²) in [4.78, 5) is 18.1. The molecule has 4 rings (SSSR count). The van der Waals surface area contributed by atoms with Crippen LogP contribution in [-0.4, -0.2) is 25.1 Å². The van der Waals surface area contributed by atoms with E-state index in [1.165, 1.54) is 14.2 Å². The normalized spacial score (nSPS) is 10.8. The number of carbonyl (C=O) groups is 1. The van der Waals surface area contributed by atoms with Gasteiger partial charge in [-0.25, -0.2) is 4.98 Å². The standard InChI is InChI=1S/C24H17Cl3N2O3/c1-31-22-12-21(23(32-2)11-18(22)27)29-24(30)16-10-20(15-8-7-13(25)9-17(15)26)28-19-6-4-3-5-14(16)19/h3-12H,1-2H3,(H,29,30). The van der Waals surface area contributed by atoms with E-state index in [2.05, 4.69) is 10.3 Å². The first kappa shape index (κ1) is 22.2. The largest absolute Gasteiger partial charge is 0.495 e. The molecule has 0 aliphatic carbocycles. The van der Waals surface area contributed by atoms with E-state index in [9.17, 15) is 4.79 Å². The lowest BCUT2D eigenvalue weighted by atomic mass is 10.0. The predicted octanol–water partition coefficient (Wildman–Crippen LogP) is 7.13. The molecule has 0 radical (unpaired) electrons. The van der Waals surface area contributed by atoms with Gasteiger partial charge in [-0.05, 0) is 30.3 Å². The van der Waals surface area contributed by atoms with Crippen LogP contribution < -0.4 is 14.8 Å². The molecule has 1 aromatic heterocycles. The van der Waals surface area contributed by atoms with Crippen molar-refractivity contribution in [2.45, 2.75) is 0 Å². The monoisotopic (exact) mass is 486 g/mol. The van der Waals surface area contributed by atoms with Gasteiger partial charge in [0.05, 0.1) is 46.7 Å². The van der Waals surface area contributed by atoms with E-state index in [0.29, 0.717) is 60.0 Å². The van der Waals surface area contributed by atoms with Crippen LogP contribution >= 0.6 is 34.8 Å². The molecule has 5 nitrogen and oxygen atoms in total. The van der Waals surface area contributed by atoms with Crippen molar-refractivity contribution in [3.05, 3.63) is 81.3 Å². The van der Waals surface area contributed by atoms with Crippen molar-refractivity contribution in [1.29, 1.82) is 0 Å². The molecular formula is C24H17Cl3N2O3. The van der Waals surface area contributed by atoms with E-state index in [-0.39, 0.29) is 5.91 Å². The zero-order valence-corrected chi connectivity index (χ0v) is 19.3. The van der Waals surface area contributed by atoms with Gasteiger partial charge < -0.3 is 14.8 Å². The van der Waals surface area contributed by atoms with Crippen LogP contribution in [0.3, 0.4) is 0 Å². The van der Waals surface area contributed by atoms with Gasteiger partial charge in [-0.3, -0.25) is 4.79 Å². The highest BCUT2D eigenvalue weighted by atomic mass is 35.5. The van der Waals surface area contributed by atoms with Crippen LogP contribution in [0.2, 0.25) is 15.1 Å². The molecule has 1 amide bonds. The van der Waals surface area contributed by atoms with Gasteiger partial charge in [0.2, 0.25) is 0 Å². The number of anilines is 1. The Morgan fingerprint density at radius 3 is 2.34 bits per heavy atom. The Morgan fingerprint density at radius 1 is 0.875 bits per heavy atom. The van der Waals surface area contributed by atoms with Gasteiger partial charge in [-0.1, -0.05) is 53.0 Å². The van der Waals surface area contributed by atoms with Crippen LogP contribution in [0, 0.1) is 0 Å². The Kier molecular flexibility index (Phi) is 6.42. The molecule has 0 saturated heterocycles. The summed E-state index contributed by atoms with van der Waals surface area (Å²) in [6.07, 6.45) is 0. The molecule has 0 spiro atoms. The number of aromatic nitrogens is 1. The van der Waals surface area contributed by atoms with Gasteiger partial charge in [0, 0.05) is 28.1 Å². The van der Waals surface area contributed by atoms with Crippen molar-refractivity contribution in [3.63, 3.8) is 0 Å². The number of rotatable bonds is 5. The predicted molar refractivity (Wildman–Crippen MR) is 130 cm³/mol. The lowest BCUT2D eigenvalue weighted by Gasteiger charge is -2.15. The van der Waals surface area contributed by atoms with Crippen molar-refractivity contribution >= 4 is 57.3 Å². The third-order valence-corrected chi connectivity index (χ3v) is 5.73. The zero-order valence-electron chi connectivity index (χ0n) is 17.1. The minimum atomic E-state index is -0.349. The lowest BCUT2D eigenvalue weighted by Crippen LogP contribution is -2.14. The fourth-order valence-electron chi connectivity index (χ4n) is 3.35. The Morgan fingerprint density at radius 2 is 1.62 bits per heavy atom. The number of nitrogens with zero attached hydrogens (tertiary/aromatic N) is 1. The Bertz CT molecular complexity index is 1340. The smallest absolute Gasteiger partial charge is 0.256 e. The number of fused-ring (bicyclic) bond motifs is 1. The summed E-state index contributed by atoms with van der Waals surface area (Å²) in [6.45, 7) is 0. The molecular weight excluding hydrogens is 471 g/mol. The number of methoxy groups -OCH3 is 2. The number of benzene rings is 3. The van der Waals surface area contributed by atoms with Crippen LogP contribution in [0.25, 0.3) is 22.2 Å².